The molecule has 0 N–H and O–H groups in total. The summed E-state index contributed by atoms with van der Waals surface area (Å²) in [7, 11) is 0. The summed E-state index contributed by atoms with van der Waals surface area (Å²) in [6, 6.07) is 3.32. The van der Waals surface area contributed by atoms with Crippen molar-refractivity contribution in [2.75, 3.05) is 13.2 Å². The molecule has 1 aliphatic heterocycles. The van der Waals surface area contributed by atoms with Gasteiger partial charge in [0.2, 0.25) is 5.82 Å². The summed E-state index contributed by atoms with van der Waals surface area (Å²) >= 11 is 0. The summed E-state index contributed by atoms with van der Waals surface area (Å²) < 4.78 is 41.6. The second kappa shape index (κ2) is 14.5. The van der Waals surface area contributed by atoms with E-state index in [9.17, 15) is 8.78 Å². The zero-order valence-corrected chi connectivity index (χ0v) is 23.1. The molecule has 206 valence electrons. The first-order valence-electron chi connectivity index (χ1n) is 15.2. The molecule has 4 heteroatoms. The van der Waals surface area contributed by atoms with Crippen LogP contribution in [0.1, 0.15) is 109 Å². The second-order valence-corrected chi connectivity index (χ2v) is 11.8. The van der Waals surface area contributed by atoms with Crippen LogP contribution in [-0.4, -0.2) is 19.3 Å². The Bertz CT molecular complexity index is 879. The van der Waals surface area contributed by atoms with Crippen LogP contribution in [0.25, 0.3) is 0 Å². The predicted octanol–water partition coefficient (Wildman–Crippen LogP) is 9.54. The van der Waals surface area contributed by atoms with Crippen molar-refractivity contribution < 1.29 is 18.3 Å². The van der Waals surface area contributed by atoms with E-state index in [1.807, 2.05) is 0 Å². The molecule has 0 radical (unpaired) electrons. The number of halogens is 2. The van der Waals surface area contributed by atoms with Crippen molar-refractivity contribution in [2.24, 2.45) is 23.7 Å². The van der Waals surface area contributed by atoms with Crippen LogP contribution < -0.4 is 4.74 Å². The number of hydrogen-bond donors (Lipinski definition) is 0. The van der Waals surface area contributed by atoms with E-state index < -0.39 is 11.6 Å². The van der Waals surface area contributed by atoms with Crippen LogP contribution in [0.4, 0.5) is 8.78 Å². The molecule has 0 amide bonds. The summed E-state index contributed by atoms with van der Waals surface area (Å²) in [5, 5.41) is 0. The van der Waals surface area contributed by atoms with Crippen molar-refractivity contribution in [3.8, 4) is 5.75 Å². The second-order valence-electron chi connectivity index (χ2n) is 11.8. The lowest BCUT2D eigenvalue weighted by Crippen LogP contribution is -2.24. The number of ether oxygens (including phenoxy) is 2. The van der Waals surface area contributed by atoms with Crippen LogP contribution in [0.2, 0.25) is 0 Å². The normalized spacial score (nSPS) is 30.6. The Morgan fingerprint density at radius 1 is 0.865 bits per heavy atom. The largest absolute Gasteiger partial charge is 0.490 e. The third-order valence-electron chi connectivity index (χ3n) is 9.10. The molecule has 4 rings (SSSR count). The lowest BCUT2D eigenvalue weighted by Gasteiger charge is -2.29. The molecule has 1 aromatic carbocycles. The van der Waals surface area contributed by atoms with Gasteiger partial charge in [-0.25, -0.2) is 4.39 Å². The molecule has 1 aromatic rings. The zero-order chi connectivity index (χ0) is 26.0. The van der Waals surface area contributed by atoms with Crippen LogP contribution in [0.15, 0.2) is 36.4 Å². The lowest BCUT2D eigenvalue weighted by molar-refractivity contribution is 0.0315. The molecule has 1 saturated heterocycles. The summed E-state index contributed by atoms with van der Waals surface area (Å²) in [5.74, 6) is 0.808. The van der Waals surface area contributed by atoms with E-state index >= 15 is 0 Å². The number of hydrogen-bond acceptors (Lipinski definition) is 2. The van der Waals surface area contributed by atoms with Gasteiger partial charge in [0, 0.05) is 5.92 Å². The predicted molar refractivity (Wildman–Crippen MR) is 148 cm³/mol. The van der Waals surface area contributed by atoms with Gasteiger partial charge >= 0.3 is 0 Å². The SMILES string of the molecule is CCCCCC1C=CC(/C=C/C2CCC(c3ccc(OCC4CCC(CC)CC4)c(F)c3F)CO2)CC1. The van der Waals surface area contributed by atoms with Gasteiger partial charge in [0.25, 0.3) is 0 Å². The maximum Gasteiger partial charge on any atom is 0.200 e. The van der Waals surface area contributed by atoms with Gasteiger partial charge in [0.1, 0.15) is 0 Å². The minimum absolute atomic E-state index is 0.0459. The van der Waals surface area contributed by atoms with E-state index in [0.29, 0.717) is 30.6 Å². The average Bonchev–Trinajstić information content (AvgIpc) is 2.94. The van der Waals surface area contributed by atoms with E-state index in [1.54, 1.807) is 12.1 Å². The Morgan fingerprint density at radius 3 is 2.35 bits per heavy atom. The van der Waals surface area contributed by atoms with Crippen molar-refractivity contribution in [2.45, 2.75) is 109 Å². The van der Waals surface area contributed by atoms with E-state index in [-0.39, 0.29) is 17.8 Å². The van der Waals surface area contributed by atoms with Crippen LogP contribution in [-0.2, 0) is 4.74 Å². The van der Waals surface area contributed by atoms with Gasteiger partial charge in [-0.2, -0.15) is 4.39 Å². The fraction of sp³-hybridized carbons (Fsp3) is 0.697. The van der Waals surface area contributed by atoms with Crippen molar-refractivity contribution in [1.29, 1.82) is 0 Å². The fourth-order valence-electron chi connectivity index (χ4n) is 6.38. The van der Waals surface area contributed by atoms with Gasteiger partial charge in [-0.3, -0.25) is 0 Å². The first kappa shape index (κ1) is 28.3. The van der Waals surface area contributed by atoms with Crippen LogP contribution in [0, 0.1) is 35.3 Å². The van der Waals surface area contributed by atoms with E-state index in [2.05, 4.69) is 38.2 Å². The molecule has 0 spiro atoms. The molecule has 0 bridgehead atoms. The number of allylic oxidation sites excluding steroid dienone is 3. The monoisotopic (exact) mass is 514 g/mol. The Morgan fingerprint density at radius 2 is 1.68 bits per heavy atom. The minimum Gasteiger partial charge on any atom is -0.490 e. The van der Waals surface area contributed by atoms with Crippen LogP contribution in [0.5, 0.6) is 5.75 Å². The smallest absolute Gasteiger partial charge is 0.200 e. The van der Waals surface area contributed by atoms with Gasteiger partial charge in [-0.1, -0.05) is 82.7 Å². The van der Waals surface area contributed by atoms with Crippen molar-refractivity contribution >= 4 is 0 Å². The lowest BCUT2D eigenvalue weighted by atomic mass is 9.81. The van der Waals surface area contributed by atoms with E-state index in [1.165, 1.54) is 57.8 Å². The Labute approximate surface area is 223 Å². The van der Waals surface area contributed by atoms with Crippen LogP contribution in [0.3, 0.4) is 0 Å². The van der Waals surface area contributed by atoms with Gasteiger partial charge in [0.05, 0.1) is 19.3 Å². The quantitative estimate of drug-likeness (QED) is 0.216. The van der Waals surface area contributed by atoms with Crippen LogP contribution >= 0.6 is 0 Å². The third-order valence-corrected chi connectivity index (χ3v) is 9.10. The minimum atomic E-state index is -0.848. The van der Waals surface area contributed by atoms with Crippen molar-refractivity contribution in [3.63, 3.8) is 0 Å². The Balaban J connectivity index is 1.22. The average molecular weight is 515 g/mol. The van der Waals surface area contributed by atoms with Gasteiger partial charge in [0.15, 0.2) is 11.6 Å². The molecule has 4 atom stereocenters. The first-order valence-corrected chi connectivity index (χ1v) is 15.2. The molecule has 37 heavy (non-hydrogen) atoms. The fourth-order valence-corrected chi connectivity index (χ4v) is 6.38. The highest BCUT2D eigenvalue weighted by Crippen LogP contribution is 2.35. The Kier molecular flexibility index (Phi) is 11.1. The van der Waals surface area contributed by atoms with Crippen molar-refractivity contribution in [1.82, 2.24) is 0 Å². The number of benzene rings is 1. The molecule has 1 heterocycles. The molecule has 4 unspecified atom stereocenters. The summed E-state index contributed by atoms with van der Waals surface area (Å²) in [6.07, 6.45) is 24.6. The molecule has 1 saturated carbocycles. The highest BCUT2D eigenvalue weighted by Gasteiger charge is 2.27. The standard InChI is InChI=1S/C33H48F2O2/c1-3-5-6-7-25-10-12-26(13-11-25)16-18-29-19-17-28(23-36-29)30-20-21-31(33(35)32(30)34)37-22-27-14-8-24(4-2)9-15-27/h10,12,16,18,20-21,24-29H,3-9,11,13-15,17,19,22-23H2,1-2H3/b18-16+. The Hall–Kier alpha value is -1.68. The zero-order valence-electron chi connectivity index (χ0n) is 23.1. The first-order chi connectivity index (χ1) is 18.1. The van der Waals surface area contributed by atoms with E-state index in [0.717, 1.165) is 37.5 Å². The van der Waals surface area contributed by atoms with Gasteiger partial charge in [-0.15, -0.1) is 0 Å². The molecule has 2 fully saturated rings. The van der Waals surface area contributed by atoms with Gasteiger partial charge < -0.3 is 9.47 Å². The maximum absolute atomic E-state index is 15.0. The highest BCUT2D eigenvalue weighted by atomic mass is 19.2. The highest BCUT2D eigenvalue weighted by molar-refractivity contribution is 5.33. The van der Waals surface area contributed by atoms with E-state index in [4.69, 9.17) is 9.47 Å². The molecule has 2 aliphatic carbocycles. The molecule has 0 aromatic heterocycles. The molecular formula is C33H48F2O2. The molecule has 2 nitrogen and oxygen atoms in total. The van der Waals surface area contributed by atoms with Crippen molar-refractivity contribution in [3.05, 3.63) is 53.6 Å². The number of unbranched alkanes of at least 4 members (excludes halogenated alkanes) is 2. The summed E-state index contributed by atoms with van der Waals surface area (Å²) in [6.45, 7) is 5.40. The molecular weight excluding hydrogens is 466 g/mol. The summed E-state index contributed by atoms with van der Waals surface area (Å²) in [4.78, 5) is 0. The molecule has 3 aliphatic rings. The maximum atomic E-state index is 15.0. The number of rotatable bonds is 11. The topological polar surface area (TPSA) is 18.5 Å². The summed E-state index contributed by atoms with van der Waals surface area (Å²) in [5.41, 5.74) is 0.417. The third kappa shape index (κ3) is 8.15. The van der Waals surface area contributed by atoms with Gasteiger partial charge in [-0.05, 0) is 80.2 Å².